The molecular formula is C24H17F7N2O3. The van der Waals surface area contributed by atoms with E-state index in [1.165, 1.54) is 18.2 Å². The number of aliphatic hydroxyl groups is 1. The van der Waals surface area contributed by atoms with Gasteiger partial charge in [0.05, 0.1) is 17.9 Å². The number of halogens is 7. The fourth-order valence-corrected chi connectivity index (χ4v) is 4.05. The average Bonchev–Trinajstić information content (AvgIpc) is 3.28. The van der Waals surface area contributed by atoms with Crippen molar-refractivity contribution in [2.75, 3.05) is 13.2 Å². The number of benzene rings is 3. The highest BCUT2D eigenvalue weighted by atomic mass is 19.4. The molecular weight excluding hydrogens is 497 g/mol. The van der Waals surface area contributed by atoms with E-state index in [4.69, 9.17) is 9.94 Å². The van der Waals surface area contributed by atoms with Crippen LogP contribution in [0, 0.1) is 5.82 Å². The maximum absolute atomic E-state index is 14.3. The summed E-state index contributed by atoms with van der Waals surface area (Å²) < 4.78 is 96.4. The summed E-state index contributed by atoms with van der Waals surface area (Å²) in [5, 5.41) is 15.7. The van der Waals surface area contributed by atoms with Gasteiger partial charge in [-0.15, -0.1) is 0 Å². The zero-order valence-corrected chi connectivity index (χ0v) is 18.2. The topological polar surface area (TPSA) is 70.9 Å². The average molecular weight is 514 g/mol. The number of hydrogen-bond donors (Lipinski definition) is 2. The summed E-state index contributed by atoms with van der Waals surface area (Å²) in [5.41, 5.74) is -5.94. The second-order valence-corrected chi connectivity index (χ2v) is 8.04. The van der Waals surface area contributed by atoms with Crippen LogP contribution in [-0.4, -0.2) is 36.1 Å². The molecule has 0 saturated heterocycles. The fraction of sp³-hybridized carbons (Fsp3) is 0.250. The van der Waals surface area contributed by atoms with Crippen LogP contribution in [0.4, 0.5) is 30.7 Å². The van der Waals surface area contributed by atoms with Crippen molar-refractivity contribution in [2.45, 2.75) is 24.4 Å². The summed E-state index contributed by atoms with van der Waals surface area (Å²) in [6.45, 7) is -0.317. The number of rotatable bonds is 5. The molecule has 1 amide bonds. The number of hydrogen-bond acceptors (Lipinski definition) is 4. The highest BCUT2D eigenvalue weighted by Gasteiger charge is 2.62. The molecule has 0 aliphatic carbocycles. The molecule has 2 N–H and O–H groups in total. The van der Waals surface area contributed by atoms with E-state index in [2.05, 4.69) is 10.5 Å². The van der Waals surface area contributed by atoms with Gasteiger partial charge in [-0.05, 0) is 35.0 Å². The van der Waals surface area contributed by atoms with E-state index in [1.807, 2.05) is 0 Å². The van der Waals surface area contributed by atoms with Gasteiger partial charge in [0.15, 0.2) is 0 Å². The van der Waals surface area contributed by atoms with Gasteiger partial charge in [-0.2, -0.15) is 26.3 Å². The number of nitrogens with one attached hydrogen (secondary N) is 1. The molecule has 190 valence electrons. The Labute approximate surface area is 199 Å². The molecule has 0 aromatic heterocycles. The molecule has 0 radical (unpaired) electrons. The summed E-state index contributed by atoms with van der Waals surface area (Å²) in [6, 6.07) is 9.61. The van der Waals surface area contributed by atoms with Crippen LogP contribution in [0.5, 0.6) is 0 Å². The number of aliphatic hydroxyl groups excluding tert-OH is 1. The highest BCUT2D eigenvalue weighted by Crippen LogP contribution is 2.50. The Morgan fingerprint density at radius 1 is 1.03 bits per heavy atom. The lowest BCUT2D eigenvalue weighted by Gasteiger charge is -2.30. The minimum absolute atomic E-state index is 0.0168. The van der Waals surface area contributed by atoms with Crippen molar-refractivity contribution in [2.24, 2.45) is 5.16 Å². The minimum Gasteiger partial charge on any atom is -0.395 e. The van der Waals surface area contributed by atoms with Gasteiger partial charge >= 0.3 is 12.4 Å². The molecule has 0 saturated carbocycles. The number of oxime groups is 1. The van der Waals surface area contributed by atoms with Crippen molar-refractivity contribution in [3.63, 3.8) is 0 Å². The van der Waals surface area contributed by atoms with Crippen LogP contribution in [0.2, 0.25) is 0 Å². The van der Waals surface area contributed by atoms with Gasteiger partial charge in [-0.1, -0.05) is 35.5 Å². The number of alkyl halides is 6. The number of amides is 1. The Kier molecular flexibility index (Phi) is 6.41. The summed E-state index contributed by atoms with van der Waals surface area (Å²) >= 11 is 0. The standard InChI is InChI=1S/C24H17F7N2O3/c25-15-10-13(9-14(11-15)23(26,27)28)22(24(29,30)31)12-20(33-36-22)18-5-6-19(21(35)32-7-8-34)17-4-2-1-3-16(17)18/h1-6,9-11,34H,7-8,12H2,(H,32,35). The van der Waals surface area contributed by atoms with Gasteiger partial charge < -0.3 is 15.3 Å². The van der Waals surface area contributed by atoms with Crippen LogP contribution >= 0.6 is 0 Å². The summed E-state index contributed by atoms with van der Waals surface area (Å²) in [6.07, 6.45) is -11.4. The van der Waals surface area contributed by atoms with E-state index in [-0.39, 0.29) is 42.1 Å². The van der Waals surface area contributed by atoms with Crippen LogP contribution in [0.3, 0.4) is 0 Å². The van der Waals surface area contributed by atoms with E-state index in [0.717, 1.165) is 0 Å². The van der Waals surface area contributed by atoms with E-state index < -0.39 is 47.2 Å². The van der Waals surface area contributed by atoms with Gasteiger partial charge in [0.1, 0.15) is 5.82 Å². The monoisotopic (exact) mass is 514 g/mol. The van der Waals surface area contributed by atoms with Crippen LogP contribution in [0.15, 0.2) is 59.8 Å². The van der Waals surface area contributed by atoms with E-state index in [0.29, 0.717) is 16.8 Å². The van der Waals surface area contributed by atoms with Crippen molar-refractivity contribution >= 4 is 22.4 Å². The minimum atomic E-state index is -5.26. The van der Waals surface area contributed by atoms with Crippen molar-refractivity contribution < 1.29 is 45.5 Å². The van der Waals surface area contributed by atoms with Crippen molar-refractivity contribution in [1.82, 2.24) is 5.32 Å². The van der Waals surface area contributed by atoms with Gasteiger partial charge in [0.25, 0.3) is 11.5 Å². The second kappa shape index (κ2) is 9.08. The molecule has 1 aliphatic rings. The van der Waals surface area contributed by atoms with E-state index in [1.54, 1.807) is 18.2 Å². The zero-order valence-electron chi connectivity index (χ0n) is 18.2. The number of fused-ring (bicyclic) bond motifs is 1. The maximum atomic E-state index is 14.3. The van der Waals surface area contributed by atoms with Crippen molar-refractivity contribution in [3.8, 4) is 0 Å². The predicted octanol–water partition coefficient (Wildman–Crippen LogP) is 5.30. The predicted molar refractivity (Wildman–Crippen MR) is 115 cm³/mol. The maximum Gasteiger partial charge on any atom is 0.435 e. The number of carbonyl (C=O) groups excluding carboxylic acids is 1. The highest BCUT2D eigenvalue weighted by molar-refractivity contribution is 6.16. The first-order valence-electron chi connectivity index (χ1n) is 10.5. The number of nitrogens with zero attached hydrogens (tertiary/aromatic N) is 1. The molecule has 1 heterocycles. The summed E-state index contributed by atoms with van der Waals surface area (Å²) in [7, 11) is 0. The third kappa shape index (κ3) is 4.48. The summed E-state index contributed by atoms with van der Waals surface area (Å²) in [5.74, 6) is -2.04. The Morgan fingerprint density at radius 3 is 2.36 bits per heavy atom. The molecule has 3 aromatic rings. The SMILES string of the molecule is O=C(NCCO)c1ccc(C2=NOC(c3cc(F)cc(C(F)(F)F)c3)(C(F)(F)F)C2)c2ccccc12. The third-order valence-electron chi connectivity index (χ3n) is 5.75. The van der Waals surface area contributed by atoms with Crippen LogP contribution in [-0.2, 0) is 16.6 Å². The molecule has 1 atom stereocenters. The molecule has 4 rings (SSSR count). The lowest BCUT2D eigenvalue weighted by atomic mass is 9.84. The first kappa shape index (κ1) is 25.4. The Bertz CT molecular complexity index is 1350. The summed E-state index contributed by atoms with van der Waals surface area (Å²) in [4.78, 5) is 17.2. The zero-order chi connectivity index (χ0) is 26.3. The van der Waals surface area contributed by atoms with E-state index in [9.17, 15) is 35.5 Å². The van der Waals surface area contributed by atoms with Crippen LogP contribution in [0.25, 0.3) is 10.8 Å². The third-order valence-corrected chi connectivity index (χ3v) is 5.75. The van der Waals surface area contributed by atoms with Crippen molar-refractivity contribution in [1.29, 1.82) is 0 Å². The fourth-order valence-electron chi connectivity index (χ4n) is 4.05. The molecule has 5 nitrogen and oxygen atoms in total. The quantitative estimate of drug-likeness (QED) is 0.454. The van der Waals surface area contributed by atoms with E-state index >= 15 is 0 Å². The molecule has 0 bridgehead atoms. The molecule has 3 aromatic carbocycles. The Balaban J connectivity index is 1.80. The Morgan fingerprint density at radius 2 is 1.72 bits per heavy atom. The lowest BCUT2D eigenvalue weighted by molar-refractivity contribution is -0.276. The smallest absolute Gasteiger partial charge is 0.395 e. The van der Waals surface area contributed by atoms with Gasteiger partial charge in [0.2, 0.25) is 0 Å². The molecule has 0 fully saturated rings. The second-order valence-electron chi connectivity index (χ2n) is 8.04. The largest absolute Gasteiger partial charge is 0.435 e. The van der Waals surface area contributed by atoms with Crippen LogP contribution < -0.4 is 5.32 Å². The van der Waals surface area contributed by atoms with Gasteiger partial charge in [-0.3, -0.25) is 4.79 Å². The molecule has 0 spiro atoms. The first-order valence-corrected chi connectivity index (χ1v) is 10.5. The normalized spacial score (nSPS) is 18.2. The molecule has 12 heteroatoms. The van der Waals surface area contributed by atoms with Gasteiger partial charge in [-0.25, -0.2) is 4.39 Å². The van der Waals surface area contributed by atoms with Crippen molar-refractivity contribution in [3.05, 3.63) is 82.7 Å². The van der Waals surface area contributed by atoms with Crippen LogP contribution in [0.1, 0.15) is 33.5 Å². The Hall–Kier alpha value is -3.67. The lowest BCUT2D eigenvalue weighted by Crippen LogP contribution is -2.43. The first-order chi connectivity index (χ1) is 16.9. The number of carbonyl (C=O) groups is 1. The molecule has 1 unspecified atom stereocenters. The molecule has 1 aliphatic heterocycles. The molecule has 36 heavy (non-hydrogen) atoms. The van der Waals surface area contributed by atoms with Gasteiger partial charge in [0, 0.05) is 29.7 Å².